The number of hydrogen-bond acceptors (Lipinski definition) is 4. The maximum atomic E-state index is 13.0. The molecule has 0 bridgehead atoms. The van der Waals surface area contributed by atoms with Crippen molar-refractivity contribution in [1.29, 1.82) is 0 Å². The van der Waals surface area contributed by atoms with E-state index in [1.807, 2.05) is 31.4 Å². The van der Waals surface area contributed by atoms with Crippen LogP contribution < -0.4 is 5.32 Å². The number of amides is 1. The number of likely N-dealkylation sites (N-methyl/N-ethyl adjacent to an activating group) is 1. The van der Waals surface area contributed by atoms with Crippen molar-refractivity contribution in [1.82, 2.24) is 20.1 Å². The number of alkyl halides is 3. The Morgan fingerprint density at radius 1 is 1.44 bits per heavy atom. The lowest BCUT2D eigenvalue weighted by Crippen LogP contribution is -2.26. The number of nitrogens with zero attached hydrogens (tertiary/aromatic N) is 3. The van der Waals surface area contributed by atoms with Gasteiger partial charge in [-0.3, -0.25) is 4.79 Å². The van der Waals surface area contributed by atoms with E-state index in [0.717, 1.165) is 9.56 Å². The Bertz CT molecular complexity index is 782. The van der Waals surface area contributed by atoms with E-state index in [9.17, 15) is 18.0 Å². The monoisotopic (exact) mass is 372 g/mol. The molecule has 1 saturated carbocycles. The van der Waals surface area contributed by atoms with Gasteiger partial charge in [0.25, 0.3) is 0 Å². The maximum Gasteiger partial charge on any atom is 0.408 e. The van der Waals surface area contributed by atoms with Gasteiger partial charge in [0.05, 0.1) is 11.8 Å². The molecule has 2 aromatic heterocycles. The molecule has 2 heterocycles. The first kappa shape index (κ1) is 17.9. The number of hydrogen-bond donors (Lipinski definition) is 1. The van der Waals surface area contributed by atoms with Crippen molar-refractivity contribution in [2.45, 2.75) is 44.8 Å². The molecule has 1 aliphatic rings. The fourth-order valence-corrected chi connectivity index (χ4v) is 4.45. The molecule has 136 valence electrons. The van der Waals surface area contributed by atoms with Crippen LogP contribution in [0.4, 0.5) is 13.2 Å². The Labute approximate surface area is 147 Å². The molecule has 5 nitrogen and oxygen atoms in total. The van der Waals surface area contributed by atoms with E-state index < -0.39 is 18.1 Å². The molecule has 0 aliphatic heterocycles. The van der Waals surface area contributed by atoms with E-state index in [2.05, 4.69) is 15.4 Å². The lowest BCUT2D eigenvalue weighted by molar-refractivity contribution is -0.143. The van der Waals surface area contributed by atoms with Gasteiger partial charge >= 0.3 is 6.18 Å². The van der Waals surface area contributed by atoms with Crippen LogP contribution in [0.1, 0.15) is 36.8 Å². The quantitative estimate of drug-likeness (QED) is 0.878. The number of carbonyl (C=O) groups is 1. The Hall–Kier alpha value is -1.90. The fourth-order valence-electron chi connectivity index (χ4n) is 3.34. The molecule has 1 unspecified atom stereocenters. The summed E-state index contributed by atoms with van der Waals surface area (Å²) in [7, 11) is 1.47. The second-order valence-corrected chi connectivity index (χ2v) is 7.87. The van der Waals surface area contributed by atoms with Gasteiger partial charge in [-0.1, -0.05) is 19.9 Å². The zero-order valence-electron chi connectivity index (χ0n) is 14.1. The Morgan fingerprint density at radius 3 is 2.60 bits per heavy atom. The topological polar surface area (TPSA) is 59.8 Å². The van der Waals surface area contributed by atoms with Gasteiger partial charge in [0.15, 0.2) is 5.82 Å². The molecular formula is C16H19F3N4OS. The third-order valence-corrected chi connectivity index (χ3v) is 5.73. The number of rotatable bonds is 5. The first-order valence-corrected chi connectivity index (χ1v) is 8.72. The zero-order chi connectivity index (χ0) is 18.5. The molecule has 1 N–H and O–H groups in total. The lowest BCUT2D eigenvalue weighted by atomic mass is 9.93. The Balaban J connectivity index is 2.08. The highest BCUT2D eigenvalue weighted by Crippen LogP contribution is 2.68. The molecule has 1 aliphatic carbocycles. The van der Waals surface area contributed by atoms with E-state index in [-0.39, 0.29) is 29.4 Å². The van der Waals surface area contributed by atoms with Crippen LogP contribution in [0.5, 0.6) is 0 Å². The molecule has 0 saturated heterocycles. The van der Waals surface area contributed by atoms with E-state index >= 15 is 0 Å². The van der Waals surface area contributed by atoms with Crippen LogP contribution in [0.25, 0.3) is 0 Å². The van der Waals surface area contributed by atoms with Crippen molar-refractivity contribution in [2.24, 2.45) is 5.41 Å². The average molecular weight is 372 g/mol. The summed E-state index contributed by atoms with van der Waals surface area (Å²) in [6.45, 7) is 2.81. The standard InChI is InChI=1S/C16H19F3N4OS/c1-14(2)8-15(14,10-5-4-6-25-10)13-21-11(7-12(24)20-3)22-23(13)9-16(17,18)19/h4-6H,7-9H2,1-3H3,(H,20,24). The summed E-state index contributed by atoms with van der Waals surface area (Å²) in [6.07, 6.45) is -3.87. The van der Waals surface area contributed by atoms with Gasteiger partial charge in [-0.25, -0.2) is 9.67 Å². The molecule has 3 rings (SSSR count). The first-order chi connectivity index (χ1) is 11.6. The van der Waals surface area contributed by atoms with Crippen molar-refractivity contribution in [3.63, 3.8) is 0 Å². The van der Waals surface area contributed by atoms with Crippen molar-refractivity contribution in [3.8, 4) is 0 Å². The van der Waals surface area contributed by atoms with Crippen molar-refractivity contribution < 1.29 is 18.0 Å². The van der Waals surface area contributed by atoms with Gasteiger partial charge in [0.1, 0.15) is 12.4 Å². The number of aromatic nitrogens is 3. The van der Waals surface area contributed by atoms with E-state index in [4.69, 9.17) is 0 Å². The van der Waals surface area contributed by atoms with Gasteiger partial charge in [-0.15, -0.1) is 11.3 Å². The smallest absolute Gasteiger partial charge is 0.359 e. The Morgan fingerprint density at radius 2 is 2.12 bits per heavy atom. The van der Waals surface area contributed by atoms with Crippen molar-refractivity contribution >= 4 is 17.2 Å². The number of thiophene rings is 1. The van der Waals surface area contributed by atoms with Gasteiger partial charge in [-0.2, -0.15) is 18.3 Å². The maximum absolute atomic E-state index is 13.0. The van der Waals surface area contributed by atoms with Gasteiger partial charge in [0, 0.05) is 11.9 Å². The van der Waals surface area contributed by atoms with Crippen LogP contribution in [-0.2, 0) is 23.2 Å². The zero-order valence-corrected chi connectivity index (χ0v) is 15.0. The SMILES string of the molecule is CNC(=O)Cc1nc(C2(c3cccs3)CC2(C)C)n(CC(F)(F)F)n1. The number of nitrogens with one attached hydrogen (secondary N) is 1. The predicted molar refractivity (Wildman–Crippen MR) is 87.3 cm³/mol. The third kappa shape index (κ3) is 3.17. The van der Waals surface area contributed by atoms with Crippen molar-refractivity contribution in [3.05, 3.63) is 34.0 Å². The molecule has 9 heteroatoms. The highest BCUT2D eigenvalue weighted by molar-refractivity contribution is 7.10. The number of carbonyl (C=O) groups excluding carboxylic acids is 1. The highest BCUT2D eigenvalue weighted by atomic mass is 32.1. The van der Waals surface area contributed by atoms with Gasteiger partial charge < -0.3 is 5.32 Å². The fraction of sp³-hybridized carbons (Fsp3) is 0.562. The van der Waals surface area contributed by atoms with E-state index in [0.29, 0.717) is 6.42 Å². The Kier molecular flexibility index (Phi) is 4.17. The van der Waals surface area contributed by atoms with Gasteiger partial charge in [-0.05, 0) is 23.3 Å². The average Bonchev–Trinajstić information content (AvgIpc) is 2.93. The highest BCUT2D eigenvalue weighted by Gasteiger charge is 2.66. The van der Waals surface area contributed by atoms with E-state index in [1.165, 1.54) is 18.4 Å². The second-order valence-electron chi connectivity index (χ2n) is 6.92. The van der Waals surface area contributed by atoms with Gasteiger partial charge in [0.2, 0.25) is 5.91 Å². The summed E-state index contributed by atoms with van der Waals surface area (Å²) in [5.41, 5.74) is -0.821. The first-order valence-electron chi connectivity index (χ1n) is 7.84. The molecular weight excluding hydrogens is 353 g/mol. The summed E-state index contributed by atoms with van der Waals surface area (Å²) in [5, 5.41) is 8.34. The molecule has 2 aromatic rings. The summed E-state index contributed by atoms with van der Waals surface area (Å²) >= 11 is 1.50. The summed E-state index contributed by atoms with van der Waals surface area (Å²) in [4.78, 5) is 16.9. The summed E-state index contributed by atoms with van der Waals surface area (Å²) in [5.74, 6) is 0.0596. The molecule has 25 heavy (non-hydrogen) atoms. The minimum absolute atomic E-state index is 0.109. The minimum atomic E-state index is -4.41. The van der Waals surface area contributed by atoms with Crippen LogP contribution >= 0.6 is 11.3 Å². The van der Waals surface area contributed by atoms with Crippen LogP contribution in [0, 0.1) is 5.41 Å². The van der Waals surface area contributed by atoms with Crippen LogP contribution in [-0.4, -0.2) is 33.9 Å². The van der Waals surface area contributed by atoms with Crippen LogP contribution in [0.3, 0.4) is 0 Å². The molecule has 0 aromatic carbocycles. The molecule has 0 spiro atoms. The number of halogens is 3. The van der Waals surface area contributed by atoms with Crippen LogP contribution in [0.2, 0.25) is 0 Å². The molecule has 1 fully saturated rings. The third-order valence-electron chi connectivity index (χ3n) is 4.70. The predicted octanol–water partition coefficient (Wildman–Crippen LogP) is 2.91. The summed E-state index contributed by atoms with van der Waals surface area (Å²) in [6, 6.07) is 3.80. The lowest BCUT2D eigenvalue weighted by Gasteiger charge is -2.20. The molecule has 0 radical (unpaired) electrons. The minimum Gasteiger partial charge on any atom is -0.359 e. The largest absolute Gasteiger partial charge is 0.408 e. The molecule has 1 amide bonds. The van der Waals surface area contributed by atoms with Crippen LogP contribution in [0.15, 0.2) is 17.5 Å². The van der Waals surface area contributed by atoms with E-state index in [1.54, 1.807) is 0 Å². The normalized spacial score (nSPS) is 22.0. The van der Waals surface area contributed by atoms with Crippen molar-refractivity contribution in [2.75, 3.05) is 7.05 Å². The second kappa shape index (κ2) is 5.82. The summed E-state index contributed by atoms with van der Waals surface area (Å²) < 4.78 is 40.0. The molecule has 1 atom stereocenters.